The minimum absolute atomic E-state index is 0.0683. The van der Waals surface area contributed by atoms with Gasteiger partial charge in [0.25, 0.3) is 11.8 Å². The highest BCUT2D eigenvalue weighted by Crippen LogP contribution is 2.50. The number of carbonyl (C=O) groups is 3. The molecule has 3 aliphatic heterocycles. The molecule has 1 fully saturated rings. The molecule has 0 aliphatic carbocycles. The average Bonchev–Trinajstić information content (AvgIpc) is 3.16. The fraction of sp³-hybridized carbons (Fsp3) is 0.186. The third kappa shape index (κ3) is 6.31. The molecule has 260 valence electrons. The average molecular weight is 710 g/mol. The molecule has 3 aliphatic rings. The van der Waals surface area contributed by atoms with Crippen molar-refractivity contribution in [2.75, 3.05) is 30.0 Å². The maximum Gasteiger partial charge on any atom is 0.335 e. The number of methoxy groups -OCH3 is 1. The summed E-state index contributed by atoms with van der Waals surface area (Å²) in [4.78, 5) is 45.0. The molecular weight excluding hydrogens is 674 g/mol. The molecule has 4 amide bonds. The quantitative estimate of drug-likeness (QED) is 0.129. The van der Waals surface area contributed by atoms with Gasteiger partial charge in [-0.05, 0) is 83.1 Å². The smallest absolute Gasteiger partial charge is 0.335 e. The van der Waals surface area contributed by atoms with Gasteiger partial charge >= 0.3 is 6.03 Å². The van der Waals surface area contributed by atoms with Crippen LogP contribution in [0.4, 0.5) is 16.2 Å². The van der Waals surface area contributed by atoms with Crippen molar-refractivity contribution in [1.82, 2.24) is 5.32 Å². The third-order valence-electron chi connectivity index (χ3n) is 10.2. The summed E-state index contributed by atoms with van der Waals surface area (Å²) >= 11 is 6.19. The van der Waals surface area contributed by atoms with Gasteiger partial charge in [-0.15, -0.1) is 0 Å². The maximum absolute atomic E-state index is 14.4. The number of hydrogen-bond donors (Lipinski definition) is 1. The van der Waals surface area contributed by atoms with E-state index in [0.29, 0.717) is 27.8 Å². The van der Waals surface area contributed by atoms with E-state index in [4.69, 9.17) is 21.1 Å². The van der Waals surface area contributed by atoms with Crippen molar-refractivity contribution in [3.8, 4) is 11.5 Å². The summed E-state index contributed by atoms with van der Waals surface area (Å²) in [6, 6.07) is 36.3. The Bertz CT molecular complexity index is 2150. The Morgan fingerprint density at radius 3 is 2.06 bits per heavy atom. The zero-order valence-electron chi connectivity index (χ0n) is 28.6. The van der Waals surface area contributed by atoms with Gasteiger partial charge in [0.05, 0.1) is 12.8 Å². The topological polar surface area (TPSA) is 88.2 Å². The fourth-order valence-electron chi connectivity index (χ4n) is 7.69. The van der Waals surface area contributed by atoms with Crippen molar-refractivity contribution in [3.63, 3.8) is 0 Å². The molecule has 0 radical (unpaired) electrons. The summed E-state index contributed by atoms with van der Waals surface area (Å²) in [7, 11) is 1.55. The van der Waals surface area contributed by atoms with Gasteiger partial charge in [-0.25, -0.2) is 9.69 Å². The Morgan fingerprint density at radius 2 is 1.44 bits per heavy atom. The number of nitrogens with one attached hydrogen (secondary N) is 1. The molecule has 2 atom stereocenters. The summed E-state index contributed by atoms with van der Waals surface area (Å²) in [5.74, 6) is -0.424. The molecule has 0 spiro atoms. The second-order valence-electron chi connectivity index (χ2n) is 13.2. The summed E-state index contributed by atoms with van der Waals surface area (Å²) in [5.41, 5.74) is 7.21. The first-order valence-corrected chi connectivity index (χ1v) is 17.7. The number of hydrogen-bond acceptors (Lipinski definition) is 6. The number of benzene rings is 5. The van der Waals surface area contributed by atoms with Gasteiger partial charge in [-0.3, -0.25) is 14.9 Å². The standard InChI is InChI=1S/C43H36ClN3O5/c1-51-33-16-15-30(39(25-33)52-26-27-9-8-14-31(44)21-27)22-38-41(48)45-43(50)47(42(38)49)32-23-36-34(28-10-4-2-5-11-28)17-19-46-20-18-35(37(24-32)40(36)46)29-12-6-3-7-13-29/h2-16,21-25,34-35H,17-20,26H2,1H3,(H,45,48,50)/b38-22+/t34-,35-/m1/s1. The van der Waals surface area contributed by atoms with Crippen LogP contribution in [0.15, 0.2) is 121 Å². The van der Waals surface area contributed by atoms with Crippen LogP contribution in [-0.4, -0.2) is 38.0 Å². The van der Waals surface area contributed by atoms with E-state index >= 15 is 0 Å². The zero-order valence-corrected chi connectivity index (χ0v) is 29.3. The van der Waals surface area contributed by atoms with Gasteiger partial charge in [-0.1, -0.05) is 84.4 Å². The van der Waals surface area contributed by atoms with Crippen LogP contribution in [-0.2, 0) is 16.2 Å². The number of amides is 4. The first-order chi connectivity index (χ1) is 25.4. The lowest BCUT2D eigenvalue weighted by Gasteiger charge is -2.44. The molecule has 0 saturated carbocycles. The predicted octanol–water partition coefficient (Wildman–Crippen LogP) is 8.47. The van der Waals surface area contributed by atoms with Crippen LogP contribution in [0.1, 0.15) is 58.1 Å². The van der Waals surface area contributed by atoms with Crippen molar-refractivity contribution in [2.45, 2.75) is 31.3 Å². The number of halogens is 1. The lowest BCUT2D eigenvalue weighted by Crippen LogP contribution is -2.54. The number of urea groups is 1. The van der Waals surface area contributed by atoms with E-state index in [-0.39, 0.29) is 24.0 Å². The Morgan fingerprint density at radius 1 is 0.788 bits per heavy atom. The van der Waals surface area contributed by atoms with Crippen LogP contribution in [0.2, 0.25) is 5.02 Å². The number of anilines is 2. The molecule has 0 unspecified atom stereocenters. The van der Waals surface area contributed by atoms with Crippen molar-refractivity contribution < 1.29 is 23.9 Å². The number of carbonyl (C=O) groups excluding carboxylic acids is 3. The van der Waals surface area contributed by atoms with Crippen molar-refractivity contribution in [2.24, 2.45) is 0 Å². The van der Waals surface area contributed by atoms with Crippen LogP contribution >= 0.6 is 11.6 Å². The van der Waals surface area contributed by atoms with Crippen molar-refractivity contribution in [3.05, 3.63) is 159 Å². The molecule has 5 aromatic rings. The van der Waals surface area contributed by atoms with E-state index in [1.165, 1.54) is 22.9 Å². The monoisotopic (exact) mass is 709 g/mol. The second-order valence-corrected chi connectivity index (χ2v) is 13.7. The van der Waals surface area contributed by atoms with Crippen LogP contribution < -0.4 is 24.6 Å². The van der Waals surface area contributed by atoms with Gasteiger partial charge in [-0.2, -0.15) is 0 Å². The molecule has 1 saturated heterocycles. The SMILES string of the molecule is COc1ccc(/C=C2\C(=O)NC(=O)N(c3cc4c5c(c3)[C@@H](c3ccccc3)CCN5CC[C@@H]4c3ccccc3)C2=O)c(OCc2cccc(Cl)c2)c1. The largest absolute Gasteiger partial charge is 0.497 e. The van der Waals surface area contributed by atoms with Crippen LogP contribution in [0.5, 0.6) is 11.5 Å². The molecular formula is C43H36ClN3O5. The van der Waals surface area contributed by atoms with Gasteiger partial charge in [0.15, 0.2) is 0 Å². The number of nitrogens with zero attached hydrogens (tertiary/aromatic N) is 2. The minimum atomic E-state index is -0.789. The van der Waals surface area contributed by atoms with Gasteiger partial charge < -0.3 is 14.4 Å². The van der Waals surface area contributed by atoms with Crippen molar-refractivity contribution in [1.29, 1.82) is 0 Å². The maximum atomic E-state index is 14.4. The molecule has 8 nitrogen and oxygen atoms in total. The summed E-state index contributed by atoms with van der Waals surface area (Å²) in [6.45, 7) is 2.01. The lowest BCUT2D eigenvalue weighted by atomic mass is 9.76. The highest BCUT2D eigenvalue weighted by molar-refractivity contribution is 6.39. The third-order valence-corrected chi connectivity index (χ3v) is 10.4. The van der Waals surface area contributed by atoms with E-state index in [1.54, 1.807) is 37.4 Å². The molecule has 8 rings (SSSR count). The van der Waals surface area contributed by atoms with Crippen molar-refractivity contribution >= 4 is 46.9 Å². The molecule has 5 aromatic carbocycles. The summed E-state index contributed by atoms with van der Waals surface area (Å²) < 4.78 is 11.6. The normalized spacial score (nSPS) is 19.0. The number of rotatable bonds is 8. The first-order valence-electron chi connectivity index (χ1n) is 17.4. The zero-order chi connectivity index (χ0) is 35.8. The molecule has 1 N–H and O–H groups in total. The minimum Gasteiger partial charge on any atom is -0.497 e. The molecule has 9 heteroatoms. The van der Waals surface area contributed by atoms with Crippen LogP contribution in [0.25, 0.3) is 6.08 Å². The highest BCUT2D eigenvalue weighted by atomic mass is 35.5. The molecule has 52 heavy (non-hydrogen) atoms. The van der Waals surface area contributed by atoms with Gasteiger partial charge in [0.1, 0.15) is 23.7 Å². The lowest BCUT2D eigenvalue weighted by molar-refractivity contribution is -0.122. The van der Waals surface area contributed by atoms with E-state index in [0.717, 1.165) is 47.5 Å². The summed E-state index contributed by atoms with van der Waals surface area (Å²) in [6.07, 6.45) is 3.26. The first kappa shape index (κ1) is 33.3. The molecule has 3 heterocycles. The predicted molar refractivity (Wildman–Crippen MR) is 202 cm³/mol. The van der Waals surface area contributed by atoms with E-state index in [1.807, 2.05) is 60.7 Å². The Kier molecular flexibility index (Phi) is 8.99. The molecule has 0 bridgehead atoms. The van der Waals surface area contributed by atoms with Crippen LogP contribution in [0.3, 0.4) is 0 Å². The number of ether oxygens (including phenoxy) is 2. The Labute approximate surface area is 307 Å². The van der Waals surface area contributed by atoms with E-state index in [2.05, 4.69) is 34.5 Å². The van der Waals surface area contributed by atoms with Gasteiger partial charge in [0.2, 0.25) is 0 Å². The highest BCUT2D eigenvalue weighted by Gasteiger charge is 2.40. The van der Waals surface area contributed by atoms with E-state index < -0.39 is 17.8 Å². The fourth-order valence-corrected chi connectivity index (χ4v) is 7.90. The number of barbiturate groups is 1. The summed E-state index contributed by atoms with van der Waals surface area (Å²) in [5, 5.41) is 3.01. The van der Waals surface area contributed by atoms with E-state index in [9.17, 15) is 14.4 Å². The Hall–Kier alpha value is -5.86. The van der Waals surface area contributed by atoms with Gasteiger partial charge in [0, 0.05) is 47.3 Å². The van der Waals surface area contributed by atoms with Crippen LogP contribution in [0, 0.1) is 0 Å². The number of imide groups is 2. The Balaban J connectivity index is 1.22. The second kappa shape index (κ2) is 14.0. The molecule has 0 aromatic heterocycles.